The number of methoxy groups -OCH3 is 1. The summed E-state index contributed by atoms with van der Waals surface area (Å²) in [6.07, 6.45) is 6.41. The maximum absolute atomic E-state index is 13.5. The van der Waals surface area contributed by atoms with Crippen LogP contribution in [-0.2, 0) is 13.6 Å². The van der Waals surface area contributed by atoms with Crippen LogP contribution in [0.1, 0.15) is 36.0 Å². The van der Waals surface area contributed by atoms with E-state index < -0.39 is 0 Å². The van der Waals surface area contributed by atoms with Crippen LogP contribution in [0.2, 0.25) is 5.15 Å². The van der Waals surface area contributed by atoms with Gasteiger partial charge in [-0.15, -0.1) is 0 Å². The number of hydrogen-bond acceptors (Lipinski definition) is 5. The van der Waals surface area contributed by atoms with Crippen molar-refractivity contribution in [3.05, 3.63) is 41.2 Å². The monoisotopic (exact) mass is 504 g/mol. The van der Waals surface area contributed by atoms with Crippen molar-refractivity contribution in [2.45, 2.75) is 44.3 Å². The number of rotatable bonds is 5. The third-order valence-electron chi connectivity index (χ3n) is 8.44. The standard InChI is InChI=1S/C27H29ClN6O2/c1-32-25-18(7-17(9-22(25)36-2)27(35)34-13-15-5-6-19(34)24(15)29)31-26(32)20-8-16-10-23(28)30-11-21(16)33(20)12-14-3-4-14/h7-11,14-15,19,24H,3-6,12-13,29H2,1-2H3. The first kappa shape index (κ1) is 22.1. The van der Waals surface area contributed by atoms with Crippen molar-refractivity contribution in [2.24, 2.45) is 24.6 Å². The summed E-state index contributed by atoms with van der Waals surface area (Å²) in [4.78, 5) is 24.9. The second kappa shape index (κ2) is 7.95. The van der Waals surface area contributed by atoms with E-state index in [-0.39, 0.29) is 18.0 Å². The number of carbonyl (C=O) groups excluding carboxylic acids is 1. The normalized spacial score (nSPS) is 23.3. The zero-order chi connectivity index (χ0) is 24.7. The molecule has 1 aliphatic heterocycles. The first-order valence-corrected chi connectivity index (χ1v) is 13.1. The van der Waals surface area contributed by atoms with E-state index in [1.54, 1.807) is 7.11 Å². The Hall–Kier alpha value is -3.10. The molecule has 2 N–H and O–H groups in total. The number of likely N-dealkylation sites (tertiary alicyclic amines) is 1. The molecule has 2 aliphatic carbocycles. The van der Waals surface area contributed by atoms with Crippen LogP contribution in [0.5, 0.6) is 5.75 Å². The van der Waals surface area contributed by atoms with Gasteiger partial charge in [-0.3, -0.25) is 4.79 Å². The largest absolute Gasteiger partial charge is 0.494 e. The van der Waals surface area contributed by atoms with Crippen molar-refractivity contribution in [1.82, 2.24) is 24.0 Å². The predicted molar refractivity (Wildman–Crippen MR) is 139 cm³/mol. The Bertz CT molecular complexity index is 1540. The Morgan fingerprint density at radius 3 is 2.72 bits per heavy atom. The van der Waals surface area contributed by atoms with E-state index in [1.807, 2.05) is 36.3 Å². The van der Waals surface area contributed by atoms with Crippen LogP contribution in [0.4, 0.5) is 0 Å². The lowest BCUT2D eigenvalue weighted by atomic mass is 10.1. The summed E-state index contributed by atoms with van der Waals surface area (Å²) in [5, 5.41) is 1.52. The fourth-order valence-corrected chi connectivity index (χ4v) is 6.51. The molecule has 8 nitrogen and oxygen atoms in total. The summed E-state index contributed by atoms with van der Waals surface area (Å²) in [7, 11) is 3.64. The third kappa shape index (κ3) is 3.27. The molecular weight excluding hydrogens is 476 g/mol. The number of amides is 1. The van der Waals surface area contributed by atoms with E-state index in [2.05, 4.69) is 20.2 Å². The topological polar surface area (TPSA) is 91.2 Å². The van der Waals surface area contributed by atoms with Crippen LogP contribution in [0.15, 0.2) is 30.5 Å². The van der Waals surface area contributed by atoms with Gasteiger partial charge in [0.2, 0.25) is 0 Å². The lowest BCUT2D eigenvalue weighted by Gasteiger charge is -2.27. The fourth-order valence-electron chi connectivity index (χ4n) is 6.34. The molecule has 186 valence electrons. The van der Waals surface area contributed by atoms with Gasteiger partial charge < -0.3 is 24.5 Å². The van der Waals surface area contributed by atoms with E-state index in [0.717, 1.165) is 59.4 Å². The number of nitrogens with zero attached hydrogens (tertiary/aromatic N) is 5. The minimum Gasteiger partial charge on any atom is -0.494 e. The summed E-state index contributed by atoms with van der Waals surface area (Å²) in [5.41, 5.74) is 10.6. The lowest BCUT2D eigenvalue weighted by Crippen LogP contribution is -2.41. The first-order valence-electron chi connectivity index (χ1n) is 12.7. The number of fused-ring (bicyclic) bond motifs is 4. The van der Waals surface area contributed by atoms with Gasteiger partial charge in [0, 0.05) is 43.2 Å². The maximum Gasteiger partial charge on any atom is 0.254 e. The molecule has 0 spiro atoms. The molecule has 3 atom stereocenters. The molecular formula is C27H29ClN6O2. The third-order valence-corrected chi connectivity index (χ3v) is 8.64. The molecule has 4 heterocycles. The molecule has 9 heteroatoms. The number of halogens is 1. The number of aryl methyl sites for hydroxylation is 1. The van der Waals surface area contributed by atoms with Crippen molar-refractivity contribution in [3.8, 4) is 17.3 Å². The number of aromatic nitrogens is 4. The number of imidazole rings is 1. The van der Waals surface area contributed by atoms with Crippen molar-refractivity contribution in [3.63, 3.8) is 0 Å². The Morgan fingerprint density at radius 1 is 1.19 bits per heavy atom. The molecule has 1 saturated heterocycles. The van der Waals surface area contributed by atoms with Crippen molar-refractivity contribution in [1.29, 1.82) is 0 Å². The average Bonchev–Trinajstić information content (AvgIpc) is 3.28. The molecule has 3 fully saturated rings. The number of benzene rings is 1. The Balaban J connectivity index is 1.35. The van der Waals surface area contributed by atoms with Crippen LogP contribution in [0, 0.1) is 11.8 Å². The highest BCUT2D eigenvalue weighted by molar-refractivity contribution is 6.30. The van der Waals surface area contributed by atoms with Gasteiger partial charge in [0.05, 0.1) is 30.0 Å². The Morgan fingerprint density at radius 2 is 2.03 bits per heavy atom. The number of nitrogens with two attached hydrogens (primary N) is 1. The van der Waals surface area contributed by atoms with Crippen LogP contribution < -0.4 is 10.5 Å². The zero-order valence-electron chi connectivity index (χ0n) is 20.4. The van der Waals surface area contributed by atoms with Gasteiger partial charge >= 0.3 is 0 Å². The summed E-state index contributed by atoms with van der Waals surface area (Å²) >= 11 is 6.21. The molecule has 7 rings (SSSR count). The van der Waals surface area contributed by atoms with Crippen molar-refractivity contribution < 1.29 is 9.53 Å². The summed E-state index contributed by atoms with van der Waals surface area (Å²) < 4.78 is 10.1. The smallest absolute Gasteiger partial charge is 0.254 e. The van der Waals surface area contributed by atoms with Gasteiger partial charge in [0.1, 0.15) is 16.4 Å². The summed E-state index contributed by atoms with van der Waals surface area (Å²) in [6.45, 7) is 1.65. The molecule has 36 heavy (non-hydrogen) atoms. The van der Waals surface area contributed by atoms with Gasteiger partial charge in [-0.2, -0.15) is 0 Å². The average molecular weight is 505 g/mol. The molecule has 3 aliphatic rings. The minimum absolute atomic E-state index is 0.00798. The van der Waals surface area contributed by atoms with Crippen LogP contribution in [-0.4, -0.2) is 55.6 Å². The molecule has 2 bridgehead atoms. The second-order valence-corrected chi connectivity index (χ2v) is 11.0. The fraction of sp³-hybridized carbons (Fsp3) is 0.444. The van der Waals surface area contributed by atoms with Crippen LogP contribution in [0.25, 0.3) is 33.5 Å². The highest BCUT2D eigenvalue weighted by Crippen LogP contribution is 2.40. The van der Waals surface area contributed by atoms with E-state index in [9.17, 15) is 4.79 Å². The second-order valence-electron chi connectivity index (χ2n) is 10.6. The highest BCUT2D eigenvalue weighted by atomic mass is 35.5. The van der Waals surface area contributed by atoms with E-state index in [4.69, 9.17) is 27.1 Å². The van der Waals surface area contributed by atoms with Crippen LogP contribution in [0.3, 0.4) is 0 Å². The zero-order valence-corrected chi connectivity index (χ0v) is 21.2. The van der Waals surface area contributed by atoms with Gasteiger partial charge in [-0.25, -0.2) is 9.97 Å². The molecule has 1 amide bonds. The molecule has 2 saturated carbocycles. The lowest BCUT2D eigenvalue weighted by molar-refractivity contribution is 0.0700. The minimum atomic E-state index is 0.00798. The summed E-state index contributed by atoms with van der Waals surface area (Å²) in [5.74, 6) is 2.55. The van der Waals surface area contributed by atoms with Crippen molar-refractivity contribution >= 4 is 39.4 Å². The quantitative estimate of drug-likeness (QED) is 0.411. The Labute approximate surface area is 214 Å². The number of ether oxygens (including phenoxy) is 1. The molecule has 3 aromatic heterocycles. The first-order chi connectivity index (χ1) is 17.4. The van der Waals surface area contributed by atoms with Crippen LogP contribution >= 0.6 is 11.6 Å². The predicted octanol–water partition coefficient (Wildman–Crippen LogP) is 4.22. The highest BCUT2D eigenvalue weighted by Gasteiger charge is 2.47. The molecule has 0 radical (unpaired) electrons. The van der Waals surface area contributed by atoms with Gasteiger partial charge in [-0.05, 0) is 61.8 Å². The van der Waals surface area contributed by atoms with E-state index in [0.29, 0.717) is 28.3 Å². The van der Waals surface area contributed by atoms with Gasteiger partial charge in [0.15, 0.2) is 5.82 Å². The number of hydrogen-bond donors (Lipinski definition) is 1. The molecule has 3 unspecified atom stereocenters. The van der Waals surface area contributed by atoms with E-state index in [1.165, 1.54) is 12.8 Å². The number of piperidine rings is 1. The molecule has 4 aromatic rings. The number of pyridine rings is 1. The summed E-state index contributed by atoms with van der Waals surface area (Å²) in [6, 6.07) is 7.98. The van der Waals surface area contributed by atoms with Gasteiger partial charge in [0.25, 0.3) is 5.91 Å². The Kier molecular flexibility index (Phi) is 4.89. The van der Waals surface area contributed by atoms with E-state index >= 15 is 0 Å². The van der Waals surface area contributed by atoms with Gasteiger partial charge in [-0.1, -0.05) is 11.6 Å². The molecule has 1 aromatic carbocycles. The van der Waals surface area contributed by atoms with Crippen molar-refractivity contribution in [2.75, 3.05) is 13.7 Å². The number of carbonyl (C=O) groups is 1. The SMILES string of the molecule is COc1cc(C(=O)N2CC3CCC2C3N)cc2nc(-c3cc4cc(Cl)ncc4n3CC3CC3)n(C)c12. The maximum atomic E-state index is 13.5.